The van der Waals surface area contributed by atoms with Gasteiger partial charge in [0.2, 0.25) is 5.91 Å². The van der Waals surface area contributed by atoms with Crippen LogP contribution >= 0.6 is 0 Å². The first-order valence-corrected chi connectivity index (χ1v) is 9.32. The lowest BCUT2D eigenvalue weighted by atomic mass is 10.0. The first-order valence-electron chi connectivity index (χ1n) is 9.32. The molecule has 3 rings (SSSR count). The van der Waals surface area contributed by atoms with Crippen molar-refractivity contribution in [3.63, 3.8) is 0 Å². The highest BCUT2D eigenvalue weighted by molar-refractivity contribution is 5.82. The van der Waals surface area contributed by atoms with Crippen LogP contribution in [0.15, 0.2) is 12.1 Å². The topological polar surface area (TPSA) is 59.1 Å². The molecule has 2 aliphatic rings. The number of amides is 2. The van der Waals surface area contributed by atoms with E-state index in [-0.39, 0.29) is 17.9 Å². The molecule has 1 unspecified atom stereocenters. The zero-order valence-corrected chi connectivity index (χ0v) is 15.9. The van der Waals surface area contributed by atoms with Crippen LogP contribution in [-0.4, -0.2) is 67.6 Å². The molecule has 0 radical (unpaired) electrons. The molecule has 2 amide bonds. The minimum absolute atomic E-state index is 0.0745. The van der Waals surface area contributed by atoms with Crippen molar-refractivity contribution in [2.75, 3.05) is 39.9 Å². The summed E-state index contributed by atoms with van der Waals surface area (Å²) in [6.45, 7) is 7.05. The van der Waals surface area contributed by atoms with E-state index in [1.54, 1.807) is 7.11 Å². The molecule has 6 nitrogen and oxygen atoms in total. The summed E-state index contributed by atoms with van der Waals surface area (Å²) in [5.41, 5.74) is 3.22. The molecular weight excluding hydrogens is 332 g/mol. The Morgan fingerprint density at radius 3 is 2.38 bits per heavy atom. The second-order valence-corrected chi connectivity index (χ2v) is 7.13. The van der Waals surface area contributed by atoms with E-state index in [9.17, 15) is 9.59 Å². The fourth-order valence-corrected chi connectivity index (χ4v) is 3.60. The van der Waals surface area contributed by atoms with Crippen LogP contribution in [0.3, 0.4) is 0 Å². The summed E-state index contributed by atoms with van der Waals surface area (Å²) in [4.78, 5) is 28.8. The highest BCUT2D eigenvalue weighted by atomic mass is 16.5. The van der Waals surface area contributed by atoms with Gasteiger partial charge < -0.3 is 19.3 Å². The molecule has 0 saturated carbocycles. The SMILES string of the molecule is COc1cc(C)c(C)cc1CC(=O)N1CCN(C(=O)C2CCCO2)CC1. The summed E-state index contributed by atoms with van der Waals surface area (Å²) in [6, 6.07) is 4.01. The lowest BCUT2D eigenvalue weighted by molar-refractivity contribution is -0.145. The van der Waals surface area contributed by atoms with Crippen LogP contribution < -0.4 is 4.74 Å². The molecule has 2 saturated heterocycles. The number of aryl methyl sites for hydroxylation is 2. The van der Waals surface area contributed by atoms with Crippen LogP contribution in [0.5, 0.6) is 5.75 Å². The smallest absolute Gasteiger partial charge is 0.251 e. The molecule has 1 atom stereocenters. The van der Waals surface area contributed by atoms with Crippen molar-refractivity contribution < 1.29 is 19.1 Å². The van der Waals surface area contributed by atoms with E-state index < -0.39 is 0 Å². The quantitative estimate of drug-likeness (QED) is 0.820. The van der Waals surface area contributed by atoms with Crippen molar-refractivity contribution in [2.45, 2.75) is 39.2 Å². The Balaban J connectivity index is 1.57. The van der Waals surface area contributed by atoms with Gasteiger partial charge in [0.25, 0.3) is 5.91 Å². The van der Waals surface area contributed by atoms with Gasteiger partial charge in [-0.25, -0.2) is 0 Å². The number of nitrogens with zero attached hydrogens (tertiary/aromatic N) is 2. The molecule has 26 heavy (non-hydrogen) atoms. The molecule has 2 fully saturated rings. The van der Waals surface area contributed by atoms with Crippen molar-refractivity contribution in [3.8, 4) is 5.75 Å². The van der Waals surface area contributed by atoms with E-state index in [0.29, 0.717) is 39.2 Å². The summed E-state index contributed by atoms with van der Waals surface area (Å²) in [7, 11) is 1.63. The summed E-state index contributed by atoms with van der Waals surface area (Å²) >= 11 is 0. The fourth-order valence-electron chi connectivity index (χ4n) is 3.60. The Hall–Kier alpha value is -2.08. The Bertz CT molecular complexity index is 675. The highest BCUT2D eigenvalue weighted by Crippen LogP contribution is 2.24. The van der Waals surface area contributed by atoms with Crippen LogP contribution in [0.4, 0.5) is 0 Å². The van der Waals surface area contributed by atoms with Crippen LogP contribution in [-0.2, 0) is 20.7 Å². The van der Waals surface area contributed by atoms with Crippen molar-refractivity contribution >= 4 is 11.8 Å². The van der Waals surface area contributed by atoms with E-state index in [1.165, 1.54) is 0 Å². The highest BCUT2D eigenvalue weighted by Gasteiger charge is 2.31. The van der Waals surface area contributed by atoms with Crippen molar-refractivity contribution in [1.82, 2.24) is 9.80 Å². The molecule has 2 aliphatic heterocycles. The van der Waals surface area contributed by atoms with Gasteiger partial charge in [0.05, 0.1) is 13.5 Å². The third-order valence-electron chi connectivity index (χ3n) is 5.39. The second kappa shape index (κ2) is 8.08. The Labute approximate surface area is 155 Å². The number of carbonyl (C=O) groups excluding carboxylic acids is 2. The van der Waals surface area contributed by atoms with Crippen LogP contribution in [0, 0.1) is 13.8 Å². The van der Waals surface area contributed by atoms with Crippen molar-refractivity contribution in [3.05, 3.63) is 28.8 Å². The van der Waals surface area contributed by atoms with Crippen LogP contribution in [0.1, 0.15) is 29.5 Å². The largest absolute Gasteiger partial charge is 0.496 e. The number of ether oxygens (including phenoxy) is 2. The van der Waals surface area contributed by atoms with Gasteiger partial charge in [-0.05, 0) is 43.9 Å². The van der Waals surface area contributed by atoms with Crippen LogP contribution in [0.25, 0.3) is 0 Å². The third kappa shape index (κ3) is 4.01. The molecule has 6 heteroatoms. The lowest BCUT2D eigenvalue weighted by Gasteiger charge is -2.36. The van der Waals surface area contributed by atoms with Gasteiger partial charge >= 0.3 is 0 Å². The van der Waals surface area contributed by atoms with E-state index in [1.807, 2.05) is 35.8 Å². The van der Waals surface area contributed by atoms with Gasteiger partial charge in [-0.2, -0.15) is 0 Å². The number of piperazine rings is 1. The number of methoxy groups -OCH3 is 1. The standard InChI is InChI=1S/C20H28N2O4/c1-14-11-16(18(25-3)12-15(14)2)13-19(23)21-6-8-22(9-7-21)20(24)17-5-4-10-26-17/h11-12,17H,4-10,13H2,1-3H3. The van der Waals surface area contributed by atoms with Crippen molar-refractivity contribution in [2.24, 2.45) is 0 Å². The predicted octanol–water partition coefficient (Wildman–Crippen LogP) is 1.70. The first kappa shape index (κ1) is 18.7. The van der Waals surface area contributed by atoms with Gasteiger partial charge in [-0.1, -0.05) is 6.07 Å². The average molecular weight is 360 g/mol. The van der Waals surface area contributed by atoms with Gasteiger partial charge in [0.15, 0.2) is 0 Å². The predicted molar refractivity (Wildman–Crippen MR) is 98.3 cm³/mol. The normalized spacial score (nSPS) is 20.3. The van der Waals surface area contributed by atoms with Crippen molar-refractivity contribution in [1.29, 1.82) is 0 Å². The molecular formula is C20H28N2O4. The number of carbonyl (C=O) groups is 2. The van der Waals surface area contributed by atoms with E-state index in [0.717, 1.165) is 35.3 Å². The number of hydrogen-bond acceptors (Lipinski definition) is 4. The summed E-state index contributed by atoms with van der Waals surface area (Å²) in [5, 5.41) is 0. The lowest BCUT2D eigenvalue weighted by Crippen LogP contribution is -2.53. The first-order chi connectivity index (χ1) is 12.5. The number of benzene rings is 1. The molecule has 1 aromatic carbocycles. The maximum atomic E-state index is 12.7. The molecule has 0 aromatic heterocycles. The zero-order valence-electron chi connectivity index (χ0n) is 15.9. The fraction of sp³-hybridized carbons (Fsp3) is 0.600. The Morgan fingerprint density at radius 1 is 1.12 bits per heavy atom. The monoisotopic (exact) mass is 360 g/mol. The molecule has 0 aliphatic carbocycles. The average Bonchev–Trinajstić information content (AvgIpc) is 3.18. The summed E-state index contributed by atoms with van der Waals surface area (Å²) in [5.74, 6) is 0.912. The maximum Gasteiger partial charge on any atom is 0.251 e. The van der Waals surface area contributed by atoms with Crippen LogP contribution in [0.2, 0.25) is 0 Å². The number of hydrogen-bond donors (Lipinski definition) is 0. The Kier molecular flexibility index (Phi) is 5.81. The minimum Gasteiger partial charge on any atom is -0.496 e. The van der Waals surface area contributed by atoms with E-state index in [4.69, 9.17) is 9.47 Å². The van der Waals surface area contributed by atoms with Gasteiger partial charge in [0.1, 0.15) is 11.9 Å². The molecule has 0 spiro atoms. The summed E-state index contributed by atoms with van der Waals surface area (Å²) < 4.78 is 10.9. The second-order valence-electron chi connectivity index (χ2n) is 7.13. The molecule has 142 valence electrons. The summed E-state index contributed by atoms with van der Waals surface area (Å²) in [6.07, 6.45) is 1.80. The maximum absolute atomic E-state index is 12.7. The van der Waals surface area contributed by atoms with E-state index in [2.05, 4.69) is 0 Å². The zero-order chi connectivity index (χ0) is 18.7. The third-order valence-corrected chi connectivity index (χ3v) is 5.39. The molecule has 0 N–H and O–H groups in total. The van der Waals surface area contributed by atoms with Gasteiger partial charge in [-0.15, -0.1) is 0 Å². The van der Waals surface area contributed by atoms with Gasteiger partial charge in [-0.3, -0.25) is 9.59 Å². The molecule has 0 bridgehead atoms. The van der Waals surface area contributed by atoms with E-state index >= 15 is 0 Å². The minimum atomic E-state index is -0.281. The number of rotatable bonds is 4. The van der Waals surface area contributed by atoms with Gasteiger partial charge in [0, 0.05) is 38.3 Å². The molecule has 1 aromatic rings. The molecule has 2 heterocycles. The Morgan fingerprint density at radius 2 is 1.77 bits per heavy atom.